The second-order valence-corrected chi connectivity index (χ2v) is 8.16. The Bertz CT molecular complexity index is 1030. The minimum absolute atomic E-state index is 0.00678. The molecule has 0 aliphatic carbocycles. The van der Waals surface area contributed by atoms with Crippen molar-refractivity contribution in [3.63, 3.8) is 0 Å². The minimum atomic E-state index is -0.0631. The number of anilines is 1. The van der Waals surface area contributed by atoms with Gasteiger partial charge in [0.1, 0.15) is 5.75 Å². The fourth-order valence-corrected chi connectivity index (χ4v) is 4.28. The number of nitrogens with zero attached hydrogens (tertiary/aromatic N) is 2. The van der Waals surface area contributed by atoms with Crippen LogP contribution < -0.4 is 9.64 Å². The summed E-state index contributed by atoms with van der Waals surface area (Å²) in [7, 11) is 1.82. The third-order valence-electron chi connectivity index (χ3n) is 5.36. The summed E-state index contributed by atoms with van der Waals surface area (Å²) in [6, 6.07) is 20.2. The normalized spacial score (nSPS) is 14.0. The van der Waals surface area contributed by atoms with Gasteiger partial charge >= 0.3 is 0 Å². The summed E-state index contributed by atoms with van der Waals surface area (Å²) in [5, 5.41) is 2.19. The molecule has 0 unspecified atom stereocenters. The Kier molecular flexibility index (Phi) is 6.55. The molecule has 5 nitrogen and oxygen atoms in total. The van der Waals surface area contributed by atoms with Gasteiger partial charge in [-0.1, -0.05) is 48.5 Å². The van der Waals surface area contributed by atoms with E-state index in [0.717, 1.165) is 47.1 Å². The highest BCUT2D eigenvalue weighted by Gasteiger charge is 2.18. The van der Waals surface area contributed by atoms with Crippen LogP contribution in [0.3, 0.4) is 0 Å². The van der Waals surface area contributed by atoms with Crippen molar-refractivity contribution in [1.82, 2.24) is 4.90 Å². The molecule has 0 radical (unpaired) electrons. The molecule has 1 amide bonds. The lowest BCUT2D eigenvalue weighted by Crippen LogP contribution is -2.37. The molecule has 4 rings (SSSR count). The molecule has 0 aromatic heterocycles. The number of para-hydroxylation sites is 1. The van der Waals surface area contributed by atoms with E-state index >= 15 is 0 Å². The first-order valence-corrected chi connectivity index (χ1v) is 10.9. The molecule has 3 aromatic rings. The van der Waals surface area contributed by atoms with Gasteiger partial charge in [-0.05, 0) is 44.4 Å². The standard InChI is InChI=1S/C24H25BrN2O3/c1-26(16-19-7-3-5-9-21(19)27-12-14-29-15-13-27)23(28)17-30-22-11-10-18-6-2-4-8-20(18)24(22)25/h2-11H,12-17H2,1H3. The topological polar surface area (TPSA) is 42.0 Å². The van der Waals surface area contributed by atoms with Crippen LogP contribution >= 0.6 is 15.9 Å². The highest BCUT2D eigenvalue weighted by atomic mass is 79.9. The molecule has 0 atom stereocenters. The molecule has 1 aliphatic heterocycles. The third kappa shape index (κ3) is 4.60. The smallest absolute Gasteiger partial charge is 0.260 e. The average molecular weight is 469 g/mol. The van der Waals surface area contributed by atoms with Crippen LogP contribution in [0.25, 0.3) is 10.8 Å². The molecule has 1 heterocycles. The van der Waals surface area contributed by atoms with Gasteiger partial charge in [0, 0.05) is 32.4 Å². The lowest BCUT2D eigenvalue weighted by molar-refractivity contribution is -0.132. The monoisotopic (exact) mass is 468 g/mol. The number of carbonyl (C=O) groups excluding carboxylic acids is 1. The summed E-state index contributed by atoms with van der Waals surface area (Å²) in [5.41, 5.74) is 2.29. The second-order valence-electron chi connectivity index (χ2n) is 7.37. The van der Waals surface area contributed by atoms with Gasteiger partial charge in [-0.15, -0.1) is 0 Å². The molecule has 0 bridgehead atoms. The van der Waals surface area contributed by atoms with Crippen molar-refractivity contribution >= 4 is 38.3 Å². The van der Waals surface area contributed by atoms with Gasteiger partial charge < -0.3 is 19.3 Å². The number of fused-ring (bicyclic) bond motifs is 1. The lowest BCUT2D eigenvalue weighted by atomic mass is 10.1. The van der Waals surface area contributed by atoms with Crippen molar-refractivity contribution in [1.29, 1.82) is 0 Å². The van der Waals surface area contributed by atoms with Gasteiger partial charge in [0.25, 0.3) is 5.91 Å². The number of amides is 1. The number of carbonyl (C=O) groups is 1. The zero-order valence-electron chi connectivity index (χ0n) is 17.0. The van der Waals surface area contributed by atoms with Crippen LogP contribution in [0, 0.1) is 0 Å². The summed E-state index contributed by atoms with van der Waals surface area (Å²) < 4.78 is 12.2. The predicted octanol–water partition coefficient (Wildman–Crippen LogP) is 4.48. The maximum Gasteiger partial charge on any atom is 0.260 e. The van der Waals surface area contributed by atoms with Gasteiger partial charge in [-0.25, -0.2) is 0 Å². The SMILES string of the molecule is CN(Cc1ccccc1N1CCOCC1)C(=O)COc1ccc2ccccc2c1Br. The Balaban J connectivity index is 1.41. The number of morpholine rings is 1. The third-order valence-corrected chi connectivity index (χ3v) is 6.17. The van der Waals surface area contributed by atoms with E-state index in [0.29, 0.717) is 12.3 Å². The van der Waals surface area contributed by atoms with Gasteiger partial charge in [0.2, 0.25) is 0 Å². The quantitative estimate of drug-likeness (QED) is 0.534. The molecule has 3 aromatic carbocycles. The van der Waals surface area contributed by atoms with Crippen LogP contribution in [0.1, 0.15) is 5.56 Å². The van der Waals surface area contributed by atoms with E-state index in [1.54, 1.807) is 4.90 Å². The molecule has 30 heavy (non-hydrogen) atoms. The largest absolute Gasteiger partial charge is 0.483 e. The van der Waals surface area contributed by atoms with Crippen LogP contribution in [0.5, 0.6) is 5.75 Å². The maximum atomic E-state index is 12.7. The van der Waals surface area contributed by atoms with Gasteiger partial charge in [-0.2, -0.15) is 0 Å². The summed E-state index contributed by atoms with van der Waals surface area (Å²) in [5.74, 6) is 0.607. The fraction of sp³-hybridized carbons (Fsp3) is 0.292. The Morgan fingerprint density at radius 1 is 1.07 bits per heavy atom. The first-order chi connectivity index (χ1) is 14.6. The van der Waals surface area contributed by atoms with E-state index in [2.05, 4.69) is 39.0 Å². The van der Waals surface area contributed by atoms with Crippen LogP contribution in [0.4, 0.5) is 5.69 Å². The van der Waals surface area contributed by atoms with Crippen molar-refractivity contribution in [2.75, 3.05) is 44.9 Å². The highest BCUT2D eigenvalue weighted by Crippen LogP contribution is 2.33. The zero-order chi connectivity index (χ0) is 20.9. The summed E-state index contributed by atoms with van der Waals surface area (Å²) >= 11 is 3.61. The molecule has 0 saturated carbocycles. The van der Waals surface area contributed by atoms with Crippen molar-refractivity contribution in [2.24, 2.45) is 0 Å². The van der Waals surface area contributed by atoms with Crippen molar-refractivity contribution in [3.05, 3.63) is 70.7 Å². The second kappa shape index (κ2) is 9.49. The Hall–Kier alpha value is -2.57. The van der Waals surface area contributed by atoms with Crippen molar-refractivity contribution in [3.8, 4) is 5.75 Å². The lowest BCUT2D eigenvalue weighted by Gasteiger charge is -2.31. The maximum absolute atomic E-state index is 12.7. The number of benzene rings is 3. The van der Waals surface area contributed by atoms with E-state index in [4.69, 9.17) is 9.47 Å². The van der Waals surface area contributed by atoms with Crippen molar-refractivity contribution in [2.45, 2.75) is 6.54 Å². The molecular weight excluding hydrogens is 444 g/mol. The number of ether oxygens (including phenoxy) is 2. The van der Waals surface area contributed by atoms with Gasteiger partial charge in [0.05, 0.1) is 17.7 Å². The van der Waals surface area contributed by atoms with E-state index in [1.165, 1.54) is 5.69 Å². The number of rotatable bonds is 6. The molecule has 1 saturated heterocycles. The molecule has 1 fully saturated rings. The van der Waals surface area contributed by atoms with Crippen LogP contribution in [-0.4, -0.2) is 50.8 Å². The molecule has 156 valence electrons. The van der Waals surface area contributed by atoms with Gasteiger partial charge in [-0.3, -0.25) is 4.79 Å². The fourth-order valence-electron chi connectivity index (χ4n) is 3.68. The number of hydrogen-bond donors (Lipinski definition) is 0. The molecule has 1 aliphatic rings. The van der Waals surface area contributed by atoms with Crippen LogP contribution in [0.15, 0.2) is 65.1 Å². The van der Waals surface area contributed by atoms with Crippen LogP contribution in [-0.2, 0) is 16.1 Å². The van der Waals surface area contributed by atoms with Crippen LogP contribution in [0.2, 0.25) is 0 Å². The van der Waals surface area contributed by atoms with Gasteiger partial charge in [0.15, 0.2) is 6.61 Å². The minimum Gasteiger partial charge on any atom is -0.483 e. The summed E-state index contributed by atoms with van der Waals surface area (Å²) in [4.78, 5) is 16.8. The Morgan fingerprint density at radius 2 is 1.80 bits per heavy atom. The highest BCUT2D eigenvalue weighted by molar-refractivity contribution is 9.10. The molecular formula is C24H25BrN2O3. The average Bonchev–Trinajstić information content (AvgIpc) is 2.79. The van der Waals surface area contributed by atoms with E-state index in [1.807, 2.05) is 49.5 Å². The Labute approximate surface area is 185 Å². The molecule has 0 N–H and O–H groups in total. The van der Waals surface area contributed by atoms with E-state index in [9.17, 15) is 4.79 Å². The first kappa shape index (κ1) is 20.7. The summed E-state index contributed by atoms with van der Waals surface area (Å²) in [6.45, 7) is 3.73. The van der Waals surface area contributed by atoms with E-state index in [-0.39, 0.29) is 12.5 Å². The number of hydrogen-bond acceptors (Lipinski definition) is 4. The Morgan fingerprint density at radius 3 is 2.63 bits per heavy atom. The predicted molar refractivity (Wildman–Crippen MR) is 123 cm³/mol. The van der Waals surface area contributed by atoms with Crippen molar-refractivity contribution < 1.29 is 14.3 Å². The number of likely N-dealkylation sites (N-methyl/N-ethyl adjacent to an activating group) is 1. The molecule has 0 spiro atoms. The zero-order valence-corrected chi connectivity index (χ0v) is 18.6. The van der Waals surface area contributed by atoms with E-state index < -0.39 is 0 Å². The molecule has 6 heteroatoms. The summed E-state index contributed by atoms with van der Waals surface area (Å²) in [6.07, 6.45) is 0. The number of halogens is 1. The first-order valence-electron chi connectivity index (χ1n) is 10.1.